The van der Waals surface area contributed by atoms with Crippen LogP contribution in [0, 0.1) is 29.1 Å². The zero-order chi connectivity index (χ0) is 32.9. The Balaban J connectivity index is 2.43. The Labute approximate surface area is 269 Å². The molecule has 2 saturated heterocycles. The molecule has 2 N–H and O–H groups in total. The molecule has 0 spiro atoms. The molecule has 0 radical (unpaired) electrons. The van der Waals surface area contributed by atoms with Crippen molar-refractivity contribution in [2.75, 3.05) is 6.61 Å². The van der Waals surface area contributed by atoms with Crippen LogP contribution >= 0.6 is 34.8 Å². The van der Waals surface area contributed by atoms with Crippen LogP contribution in [0.2, 0.25) is 0 Å². The number of nitrogens with one attached hydrogen (secondary N) is 2. The molecule has 14 heteroatoms. The molecule has 11 nitrogen and oxygen atoms in total. The van der Waals surface area contributed by atoms with Crippen molar-refractivity contribution in [2.24, 2.45) is 23.7 Å². The lowest BCUT2D eigenvalue weighted by Crippen LogP contribution is -2.63. The number of alkyl halides is 3. The monoisotopic (exact) mass is 672 g/mol. The van der Waals surface area contributed by atoms with Crippen LogP contribution in [-0.2, 0) is 42.8 Å². The van der Waals surface area contributed by atoms with Gasteiger partial charge in [0.2, 0.25) is 18.1 Å². The highest BCUT2D eigenvalue weighted by Crippen LogP contribution is 2.43. The SMILES string of the molecule is CCC(=O)N[C@H]1C([C@H](C)[C@@H](CC)OC(C)=O)O[C@](C)(O[C@@H]2C(C)[C@H](OC(=N)C(Cl)(Cl)Cl)OC(COC(C)=O)[C@@H]2C)C[C@H]1C. The summed E-state index contributed by atoms with van der Waals surface area (Å²) in [7, 11) is 0. The van der Waals surface area contributed by atoms with Gasteiger partial charge in [0.25, 0.3) is 3.79 Å². The van der Waals surface area contributed by atoms with Crippen molar-refractivity contribution in [1.82, 2.24) is 5.32 Å². The predicted octanol–water partition coefficient (Wildman–Crippen LogP) is 5.31. The molecule has 2 rings (SSSR count). The van der Waals surface area contributed by atoms with Gasteiger partial charge in [-0.2, -0.15) is 0 Å². The zero-order valence-electron chi connectivity index (χ0n) is 26.4. The highest BCUT2D eigenvalue weighted by molar-refractivity contribution is 6.76. The van der Waals surface area contributed by atoms with E-state index in [1.165, 1.54) is 13.8 Å². The lowest BCUT2D eigenvalue weighted by molar-refractivity contribution is -0.347. The fourth-order valence-corrected chi connectivity index (χ4v) is 6.06. The fraction of sp³-hybridized carbons (Fsp3) is 0.862. The van der Waals surface area contributed by atoms with E-state index >= 15 is 0 Å². The molecule has 3 unspecified atom stereocenters. The van der Waals surface area contributed by atoms with Crippen molar-refractivity contribution in [3.05, 3.63) is 0 Å². The minimum atomic E-state index is -2.11. The van der Waals surface area contributed by atoms with Crippen LogP contribution in [0.15, 0.2) is 0 Å². The third-order valence-electron chi connectivity index (χ3n) is 8.21. The molecule has 1 amide bonds. The summed E-state index contributed by atoms with van der Waals surface area (Å²) in [4.78, 5) is 36.0. The summed E-state index contributed by atoms with van der Waals surface area (Å²) < 4.78 is 34.0. The molecule has 2 fully saturated rings. The number of hydrogen-bond acceptors (Lipinski definition) is 10. The van der Waals surface area contributed by atoms with Crippen molar-refractivity contribution in [2.45, 2.75) is 128 Å². The van der Waals surface area contributed by atoms with Gasteiger partial charge in [0, 0.05) is 44.4 Å². The first-order chi connectivity index (χ1) is 19.8. The van der Waals surface area contributed by atoms with E-state index in [0.29, 0.717) is 19.3 Å². The maximum absolute atomic E-state index is 12.5. The topological polar surface area (TPSA) is 142 Å². The van der Waals surface area contributed by atoms with E-state index in [1.807, 2.05) is 41.5 Å². The second-order valence-electron chi connectivity index (χ2n) is 11.9. The normalized spacial score (nSPS) is 34.4. The summed E-state index contributed by atoms with van der Waals surface area (Å²) in [5.41, 5.74) is 0. The summed E-state index contributed by atoms with van der Waals surface area (Å²) in [6.45, 7) is 15.8. The molecule has 11 atom stereocenters. The third kappa shape index (κ3) is 10.3. The molecule has 248 valence electrons. The molecular formula is C29H47Cl3N2O9. The van der Waals surface area contributed by atoms with Crippen LogP contribution in [0.25, 0.3) is 0 Å². The number of hydrogen-bond donors (Lipinski definition) is 2. The number of amides is 1. The number of ether oxygens (including phenoxy) is 6. The fourth-order valence-electron chi connectivity index (χ4n) is 5.93. The molecule has 0 aliphatic carbocycles. The van der Waals surface area contributed by atoms with Crippen LogP contribution in [0.4, 0.5) is 0 Å². The molecule has 0 aromatic heterocycles. The Morgan fingerprint density at radius 2 is 1.72 bits per heavy atom. The number of carbonyl (C=O) groups excluding carboxylic acids is 3. The average molecular weight is 674 g/mol. The minimum Gasteiger partial charge on any atom is -0.463 e. The molecule has 0 aromatic rings. The van der Waals surface area contributed by atoms with Crippen LogP contribution < -0.4 is 5.32 Å². The number of halogens is 3. The van der Waals surface area contributed by atoms with Gasteiger partial charge < -0.3 is 33.7 Å². The van der Waals surface area contributed by atoms with Gasteiger partial charge >= 0.3 is 11.9 Å². The van der Waals surface area contributed by atoms with E-state index in [1.54, 1.807) is 6.92 Å². The van der Waals surface area contributed by atoms with Gasteiger partial charge in [-0.3, -0.25) is 19.8 Å². The van der Waals surface area contributed by atoms with Crippen molar-refractivity contribution < 1.29 is 42.8 Å². The molecule has 2 heterocycles. The summed E-state index contributed by atoms with van der Waals surface area (Å²) in [5.74, 6) is -3.93. The van der Waals surface area contributed by atoms with Crippen LogP contribution in [0.1, 0.15) is 81.6 Å². The maximum atomic E-state index is 12.5. The lowest BCUT2D eigenvalue weighted by atomic mass is 9.79. The predicted molar refractivity (Wildman–Crippen MR) is 162 cm³/mol. The van der Waals surface area contributed by atoms with Gasteiger partial charge in [-0.15, -0.1) is 0 Å². The van der Waals surface area contributed by atoms with Crippen molar-refractivity contribution in [1.29, 1.82) is 5.41 Å². The van der Waals surface area contributed by atoms with E-state index in [0.717, 1.165) is 0 Å². The Morgan fingerprint density at radius 3 is 2.23 bits per heavy atom. The molecule has 2 aliphatic heterocycles. The number of rotatable bonds is 11. The highest BCUT2D eigenvalue weighted by Gasteiger charge is 2.52. The Kier molecular flexibility index (Phi) is 13.9. The van der Waals surface area contributed by atoms with E-state index in [9.17, 15) is 14.4 Å². The maximum Gasteiger partial charge on any atom is 0.302 e. The van der Waals surface area contributed by atoms with Gasteiger partial charge in [0.15, 0.2) is 5.79 Å². The van der Waals surface area contributed by atoms with Gasteiger partial charge in [-0.05, 0) is 19.3 Å². The molecule has 0 saturated carbocycles. The van der Waals surface area contributed by atoms with Crippen LogP contribution in [0.5, 0.6) is 0 Å². The van der Waals surface area contributed by atoms with E-state index < -0.39 is 64.0 Å². The van der Waals surface area contributed by atoms with Crippen LogP contribution in [-0.4, -0.2) is 76.7 Å². The van der Waals surface area contributed by atoms with Crippen molar-refractivity contribution in [3.8, 4) is 0 Å². The second kappa shape index (κ2) is 15.8. The summed E-state index contributed by atoms with van der Waals surface area (Å²) >= 11 is 17.6. The van der Waals surface area contributed by atoms with E-state index in [2.05, 4.69) is 5.32 Å². The number of esters is 2. The first kappa shape index (κ1) is 37.8. The van der Waals surface area contributed by atoms with Gasteiger partial charge in [0.1, 0.15) is 18.8 Å². The van der Waals surface area contributed by atoms with Gasteiger partial charge in [0.05, 0.1) is 18.2 Å². The average Bonchev–Trinajstić information content (AvgIpc) is 2.90. The Bertz CT molecular complexity index is 997. The number of carbonyl (C=O) groups is 3. The minimum absolute atomic E-state index is 0.0800. The quantitative estimate of drug-likeness (QED) is 0.129. The molecule has 2 aliphatic rings. The standard InChI is InChI=1S/C29H47Cl3N2O9/c1-10-20(39-19(8)36)15(4)25-23(34-22(37)11-2)14(3)12-28(9,43-25)42-24-16(5)21(13-38-18(7)35)40-26(17(24)6)41-27(33)29(30,31)32/h14-17,20-21,23-26,33H,10-13H2,1-9H3,(H,34,37)/t14-,15-,16+,17?,20-,21?,23-,24+,25?,26+,28+/m1/s1. The Hall–Kier alpha value is -1.37. The third-order valence-corrected chi connectivity index (χ3v) is 8.72. The van der Waals surface area contributed by atoms with Crippen molar-refractivity contribution >= 4 is 58.5 Å². The molecule has 0 aromatic carbocycles. The van der Waals surface area contributed by atoms with E-state index in [4.69, 9.17) is 68.6 Å². The van der Waals surface area contributed by atoms with E-state index in [-0.39, 0.29) is 36.3 Å². The largest absolute Gasteiger partial charge is 0.463 e. The second-order valence-corrected chi connectivity index (χ2v) is 14.1. The van der Waals surface area contributed by atoms with Gasteiger partial charge in [-0.25, -0.2) is 0 Å². The smallest absolute Gasteiger partial charge is 0.302 e. The van der Waals surface area contributed by atoms with Crippen molar-refractivity contribution in [3.63, 3.8) is 0 Å². The van der Waals surface area contributed by atoms with Crippen LogP contribution in [0.3, 0.4) is 0 Å². The summed E-state index contributed by atoms with van der Waals surface area (Å²) in [6, 6.07) is -0.356. The summed E-state index contributed by atoms with van der Waals surface area (Å²) in [5, 5.41) is 11.2. The molecule has 43 heavy (non-hydrogen) atoms. The molecule has 0 bridgehead atoms. The lowest BCUT2D eigenvalue weighted by Gasteiger charge is -2.52. The molecular weight excluding hydrogens is 627 g/mol. The zero-order valence-corrected chi connectivity index (χ0v) is 28.7. The van der Waals surface area contributed by atoms with Gasteiger partial charge in [-0.1, -0.05) is 76.3 Å². The highest BCUT2D eigenvalue weighted by atomic mass is 35.6. The Morgan fingerprint density at radius 1 is 1.09 bits per heavy atom. The first-order valence-corrected chi connectivity index (χ1v) is 15.9. The first-order valence-electron chi connectivity index (χ1n) is 14.8. The summed E-state index contributed by atoms with van der Waals surface area (Å²) in [6.07, 6.45) is -2.01.